The van der Waals surface area contributed by atoms with E-state index in [4.69, 9.17) is 29.8 Å². The van der Waals surface area contributed by atoms with Crippen molar-refractivity contribution in [2.24, 2.45) is 15.2 Å². The summed E-state index contributed by atoms with van der Waals surface area (Å²) >= 11 is 0. The van der Waals surface area contributed by atoms with Crippen LogP contribution >= 0.6 is 0 Å². The predicted octanol–water partition coefficient (Wildman–Crippen LogP) is 5.85. The number of hydrogen-bond acceptors (Lipinski definition) is 8. The van der Waals surface area contributed by atoms with E-state index in [1.165, 1.54) is 0 Å². The van der Waals surface area contributed by atoms with Crippen LogP contribution in [0, 0.1) is 0 Å². The fraction of sp³-hybridized carbons (Fsp3) is 0.355. The summed E-state index contributed by atoms with van der Waals surface area (Å²) in [7, 11) is 1.59. The maximum absolute atomic E-state index is 14.3. The average Bonchev–Trinajstić information content (AvgIpc) is 3.43. The third-order valence-electron chi connectivity index (χ3n) is 7.10. The zero-order chi connectivity index (χ0) is 31.2. The fourth-order valence-electron chi connectivity index (χ4n) is 4.96. The molecule has 1 aliphatic rings. The van der Waals surface area contributed by atoms with Crippen molar-refractivity contribution < 1.29 is 24.1 Å². The molecule has 0 radical (unpaired) electrons. The van der Waals surface area contributed by atoms with Crippen molar-refractivity contribution in [3.63, 3.8) is 0 Å². The SMILES string of the molecule is COCCCNC(=O)[C@@]1(Cc2ccccc2CN=[N+]=[N-])N=C(c2ccc(OCCCO)cc2)O[C@H]1c1ccccc1N=[N+]=[N-]. The van der Waals surface area contributed by atoms with E-state index in [2.05, 4.69) is 25.4 Å². The van der Waals surface area contributed by atoms with Crippen LogP contribution in [0.3, 0.4) is 0 Å². The Kier molecular flexibility index (Phi) is 11.6. The Bertz CT molecular complexity index is 1550. The third-order valence-corrected chi connectivity index (χ3v) is 7.10. The van der Waals surface area contributed by atoms with Crippen molar-refractivity contribution in [2.75, 3.05) is 33.5 Å². The van der Waals surface area contributed by atoms with E-state index < -0.39 is 11.6 Å². The van der Waals surface area contributed by atoms with Gasteiger partial charge < -0.3 is 24.6 Å². The summed E-state index contributed by atoms with van der Waals surface area (Å²) in [5.41, 5.74) is 19.7. The van der Waals surface area contributed by atoms with Crippen LogP contribution in [0.1, 0.15) is 41.2 Å². The van der Waals surface area contributed by atoms with E-state index in [1.807, 2.05) is 24.3 Å². The highest BCUT2D eigenvalue weighted by Crippen LogP contribution is 2.45. The van der Waals surface area contributed by atoms with Gasteiger partial charge in [0.25, 0.3) is 5.91 Å². The number of azide groups is 2. The van der Waals surface area contributed by atoms with Crippen molar-refractivity contribution in [1.29, 1.82) is 0 Å². The normalized spacial score (nSPS) is 17.0. The standard InChI is InChI=1S/C31H34N8O5/c1-42-18-6-16-34-30(41)31(20-23-8-2-3-9-24(23)21-35-38-32)28(26-10-4-5-11-27(26)37-39-33)44-29(36-31)22-12-14-25(15-13-22)43-19-7-17-40/h2-5,8-15,28,40H,6-7,16-21H2,1H3,(H,34,41)/t28-,31-/m0/s1. The van der Waals surface area contributed by atoms with Gasteiger partial charge in [-0.05, 0) is 52.9 Å². The number of nitrogens with zero attached hydrogens (tertiary/aromatic N) is 7. The molecular formula is C31H34N8O5. The molecule has 0 saturated heterocycles. The molecule has 1 heterocycles. The Labute approximate surface area is 254 Å². The molecule has 2 atom stereocenters. The lowest BCUT2D eigenvalue weighted by molar-refractivity contribution is -0.129. The van der Waals surface area contributed by atoms with Gasteiger partial charge in [-0.15, -0.1) is 0 Å². The summed E-state index contributed by atoms with van der Waals surface area (Å²) in [6.45, 7) is 1.29. The van der Waals surface area contributed by atoms with Crippen molar-refractivity contribution in [3.05, 3.63) is 116 Å². The molecule has 2 N–H and O–H groups in total. The number of hydrogen-bond donors (Lipinski definition) is 2. The number of amides is 1. The molecule has 0 saturated carbocycles. The number of carbonyl (C=O) groups excluding carboxylic acids is 1. The predicted molar refractivity (Wildman–Crippen MR) is 164 cm³/mol. The minimum atomic E-state index is -1.54. The Morgan fingerprint density at radius 1 is 1.02 bits per heavy atom. The van der Waals surface area contributed by atoms with Gasteiger partial charge in [0.05, 0.1) is 13.2 Å². The van der Waals surface area contributed by atoms with Gasteiger partial charge in [0.1, 0.15) is 5.75 Å². The van der Waals surface area contributed by atoms with Crippen LogP contribution in [0.2, 0.25) is 0 Å². The quantitative estimate of drug-likeness (QED) is 0.0904. The van der Waals surface area contributed by atoms with Gasteiger partial charge in [0, 0.05) is 66.3 Å². The van der Waals surface area contributed by atoms with Crippen LogP contribution in [0.5, 0.6) is 5.75 Å². The second-order valence-corrected chi connectivity index (χ2v) is 9.97. The van der Waals surface area contributed by atoms with Crippen molar-refractivity contribution in [3.8, 4) is 5.75 Å². The lowest BCUT2D eigenvalue weighted by atomic mass is 9.80. The van der Waals surface area contributed by atoms with E-state index >= 15 is 0 Å². The zero-order valence-corrected chi connectivity index (χ0v) is 24.4. The van der Waals surface area contributed by atoms with Crippen LogP contribution in [-0.2, 0) is 27.2 Å². The number of methoxy groups -OCH3 is 1. The smallest absolute Gasteiger partial charge is 0.252 e. The summed E-state index contributed by atoms with van der Waals surface area (Å²) in [6.07, 6.45) is 0.213. The lowest BCUT2D eigenvalue weighted by Gasteiger charge is -2.32. The maximum Gasteiger partial charge on any atom is 0.252 e. The molecule has 13 heteroatoms. The second-order valence-electron chi connectivity index (χ2n) is 9.97. The molecule has 3 aromatic carbocycles. The van der Waals surface area contributed by atoms with Crippen molar-refractivity contribution in [1.82, 2.24) is 5.32 Å². The number of aliphatic hydroxyl groups excluding tert-OH is 1. The molecule has 1 aliphatic heterocycles. The first-order valence-corrected chi connectivity index (χ1v) is 14.2. The van der Waals surface area contributed by atoms with Gasteiger partial charge in [-0.3, -0.25) is 4.79 Å². The van der Waals surface area contributed by atoms with E-state index in [0.717, 1.165) is 11.1 Å². The molecule has 44 heavy (non-hydrogen) atoms. The summed E-state index contributed by atoms with van der Waals surface area (Å²) in [6, 6.07) is 21.4. The van der Waals surface area contributed by atoms with Crippen LogP contribution in [0.25, 0.3) is 20.9 Å². The average molecular weight is 599 g/mol. The Hall–Kier alpha value is -5.06. The van der Waals surface area contributed by atoms with Crippen molar-refractivity contribution in [2.45, 2.75) is 37.5 Å². The number of aliphatic hydroxyl groups is 1. The fourth-order valence-corrected chi connectivity index (χ4v) is 4.96. The maximum atomic E-state index is 14.3. The Balaban J connectivity index is 1.85. The minimum absolute atomic E-state index is 0.0308. The zero-order valence-electron chi connectivity index (χ0n) is 24.4. The van der Waals surface area contributed by atoms with Gasteiger partial charge in [-0.1, -0.05) is 58.8 Å². The molecule has 0 bridgehead atoms. The molecule has 3 aromatic rings. The van der Waals surface area contributed by atoms with Gasteiger partial charge in [-0.2, -0.15) is 0 Å². The van der Waals surface area contributed by atoms with Gasteiger partial charge in [0.2, 0.25) is 5.90 Å². The number of rotatable bonds is 16. The number of ether oxygens (including phenoxy) is 3. The first kappa shape index (κ1) is 31.9. The van der Waals surface area contributed by atoms with Crippen molar-refractivity contribution >= 4 is 17.5 Å². The van der Waals surface area contributed by atoms with Crippen LogP contribution in [0.15, 0.2) is 88.0 Å². The largest absolute Gasteiger partial charge is 0.494 e. The van der Waals surface area contributed by atoms with Crippen LogP contribution in [0.4, 0.5) is 5.69 Å². The molecule has 4 rings (SSSR count). The minimum Gasteiger partial charge on any atom is -0.494 e. The Morgan fingerprint density at radius 2 is 1.77 bits per heavy atom. The molecule has 1 amide bonds. The van der Waals surface area contributed by atoms with E-state index in [-0.39, 0.29) is 31.4 Å². The highest BCUT2D eigenvalue weighted by Gasteiger charge is 2.54. The molecule has 0 unspecified atom stereocenters. The van der Waals surface area contributed by atoms with Crippen LogP contribution in [-0.4, -0.2) is 55.9 Å². The Morgan fingerprint density at radius 3 is 2.50 bits per heavy atom. The number of aliphatic imine (C=N–C) groups is 1. The summed E-state index contributed by atoms with van der Waals surface area (Å²) in [5, 5.41) is 19.7. The number of nitrogens with one attached hydrogen (secondary N) is 1. The lowest BCUT2D eigenvalue weighted by Crippen LogP contribution is -2.50. The molecular weight excluding hydrogens is 564 g/mol. The number of carbonyl (C=O) groups is 1. The second kappa shape index (κ2) is 16.0. The molecule has 0 aliphatic carbocycles. The van der Waals surface area contributed by atoms with Gasteiger partial charge in [-0.25, -0.2) is 4.99 Å². The topological polar surface area (TPSA) is 187 Å². The molecule has 228 valence electrons. The summed E-state index contributed by atoms with van der Waals surface area (Å²) in [4.78, 5) is 25.2. The summed E-state index contributed by atoms with van der Waals surface area (Å²) < 4.78 is 17.4. The molecule has 13 nitrogen and oxygen atoms in total. The molecule has 0 spiro atoms. The molecule has 0 fully saturated rings. The van der Waals surface area contributed by atoms with Gasteiger partial charge in [0.15, 0.2) is 11.6 Å². The highest BCUT2D eigenvalue weighted by molar-refractivity contribution is 6.01. The van der Waals surface area contributed by atoms with E-state index in [9.17, 15) is 10.3 Å². The monoisotopic (exact) mass is 598 g/mol. The van der Waals surface area contributed by atoms with Crippen LogP contribution < -0.4 is 10.1 Å². The molecule has 0 aromatic heterocycles. The first-order valence-electron chi connectivity index (χ1n) is 14.2. The van der Waals surface area contributed by atoms with Gasteiger partial charge >= 0.3 is 0 Å². The number of benzene rings is 3. The summed E-state index contributed by atoms with van der Waals surface area (Å²) in [5.74, 6) is 0.458. The van der Waals surface area contributed by atoms with E-state index in [0.29, 0.717) is 55.2 Å². The highest BCUT2D eigenvalue weighted by atomic mass is 16.5. The third kappa shape index (κ3) is 7.66. The van der Waals surface area contributed by atoms with E-state index in [1.54, 1.807) is 55.6 Å². The first-order chi connectivity index (χ1) is 21.6.